The Bertz CT molecular complexity index is 755. The first-order chi connectivity index (χ1) is 13.8. The van der Waals surface area contributed by atoms with Gasteiger partial charge in [-0.05, 0) is 75.2 Å². The van der Waals surface area contributed by atoms with Crippen molar-refractivity contribution >= 4 is 5.91 Å². The van der Waals surface area contributed by atoms with Gasteiger partial charge in [0.2, 0.25) is 0 Å². The van der Waals surface area contributed by atoms with Crippen LogP contribution in [-0.4, -0.2) is 52.9 Å². The second-order valence-electron chi connectivity index (χ2n) is 7.81. The number of hydrogen-bond donors (Lipinski definition) is 0. The lowest BCUT2D eigenvalue weighted by Crippen LogP contribution is -2.50. The quantitative estimate of drug-likeness (QED) is 0.792. The maximum atomic E-state index is 13.0. The summed E-state index contributed by atoms with van der Waals surface area (Å²) in [6, 6.07) is 11.7. The first-order valence-electron chi connectivity index (χ1n) is 10.5. The lowest BCUT2D eigenvalue weighted by atomic mass is 10.0. The fourth-order valence-electron chi connectivity index (χ4n) is 4.29. The molecule has 2 aromatic rings. The van der Waals surface area contributed by atoms with Crippen LogP contribution in [0, 0.1) is 0 Å². The van der Waals surface area contributed by atoms with Gasteiger partial charge in [-0.3, -0.25) is 14.7 Å². The summed E-state index contributed by atoms with van der Waals surface area (Å²) in [4.78, 5) is 21.7. The van der Waals surface area contributed by atoms with Crippen molar-refractivity contribution in [3.8, 4) is 11.5 Å². The van der Waals surface area contributed by atoms with Crippen LogP contribution in [0.5, 0.6) is 11.5 Å². The molecule has 0 aliphatic carbocycles. The Labute approximate surface area is 167 Å². The molecule has 2 fully saturated rings. The van der Waals surface area contributed by atoms with E-state index >= 15 is 0 Å². The maximum Gasteiger partial charge on any atom is 0.253 e. The molecule has 0 spiro atoms. The molecule has 1 atom stereocenters. The van der Waals surface area contributed by atoms with Crippen molar-refractivity contribution in [2.75, 3.05) is 26.2 Å². The van der Waals surface area contributed by atoms with Crippen LogP contribution in [0.1, 0.15) is 48.9 Å². The number of piperidine rings is 1. The highest BCUT2D eigenvalue weighted by molar-refractivity contribution is 5.94. The second-order valence-corrected chi connectivity index (χ2v) is 7.81. The molecule has 0 radical (unpaired) electrons. The number of nitrogens with zero attached hydrogens (tertiary/aromatic N) is 3. The van der Waals surface area contributed by atoms with Gasteiger partial charge in [-0.1, -0.05) is 12.8 Å². The molecule has 28 heavy (non-hydrogen) atoms. The summed E-state index contributed by atoms with van der Waals surface area (Å²) in [5.41, 5.74) is 0.732. The van der Waals surface area contributed by atoms with Gasteiger partial charge in [0.05, 0.1) is 6.20 Å². The number of carbonyl (C=O) groups excluding carboxylic acids is 1. The van der Waals surface area contributed by atoms with E-state index in [0.717, 1.165) is 25.1 Å². The topological polar surface area (TPSA) is 45.7 Å². The number of pyridine rings is 1. The smallest absolute Gasteiger partial charge is 0.253 e. The summed E-state index contributed by atoms with van der Waals surface area (Å²) < 4.78 is 5.77. The van der Waals surface area contributed by atoms with E-state index < -0.39 is 0 Å². The molecule has 5 nitrogen and oxygen atoms in total. The Morgan fingerprint density at radius 1 is 0.929 bits per heavy atom. The number of hydrogen-bond acceptors (Lipinski definition) is 4. The molecule has 3 heterocycles. The highest BCUT2D eigenvalue weighted by atomic mass is 16.5. The molecule has 1 aromatic heterocycles. The zero-order valence-electron chi connectivity index (χ0n) is 16.4. The lowest BCUT2D eigenvalue weighted by Gasteiger charge is -2.39. The highest BCUT2D eigenvalue weighted by Crippen LogP contribution is 2.24. The van der Waals surface area contributed by atoms with Crippen LogP contribution in [0.2, 0.25) is 0 Å². The molecule has 2 aliphatic heterocycles. The first-order valence-corrected chi connectivity index (χ1v) is 10.5. The molecule has 1 amide bonds. The van der Waals surface area contributed by atoms with E-state index in [-0.39, 0.29) is 5.91 Å². The normalized spacial score (nSPS) is 21.1. The van der Waals surface area contributed by atoms with Gasteiger partial charge in [0, 0.05) is 30.9 Å². The summed E-state index contributed by atoms with van der Waals surface area (Å²) in [6.07, 6.45) is 11.0. The number of rotatable bonds is 4. The van der Waals surface area contributed by atoms with Crippen molar-refractivity contribution in [3.63, 3.8) is 0 Å². The van der Waals surface area contributed by atoms with E-state index in [2.05, 4.69) is 9.88 Å². The third-order valence-electron chi connectivity index (χ3n) is 5.81. The largest absolute Gasteiger partial charge is 0.456 e. The Hall–Kier alpha value is -2.40. The van der Waals surface area contributed by atoms with Crippen LogP contribution >= 0.6 is 0 Å². The molecule has 0 N–H and O–H groups in total. The molecule has 0 bridgehead atoms. The van der Waals surface area contributed by atoms with Crippen LogP contribution in [0.4, 0.5) is 0 Å². The number of ether oxygens (including phenoxy) is 1. The van der Waals surface area contributed by atoms with Crippen LogP contribution < -0.4 is 4.74 Å². The van der Waals surface area contributed by atoms with Gasteiger partial charge in [-0.15, -0.1) is 0 Å². The molecular weight excluding hydrogens is 350 g/mol. The van der Waals surface area contributed by atoms with Gasteiger partial charge >= 0.3 is 0 Å². The predicted octanol–water partition coefficient (Wildman–Crippen LogP) is 4.35. The summed E-state index contributed by atoms with van der Waals surface area (Å²) in [6.45, 7) is 4.09. The number of carbonyl (C=O) groups is 1. The van der Waals surface area contributed by atoms with Crippen molar-refractivity contribution < 1.29 is 9.53 Å². The summed E-state index contributed by atoms with van der Waals surface area (Å²) in [5, 5.41) is 0. The molecule has 1 unspecified atom stereocenters. The predicted molar refractivity (Wildman–Crippen MR) is 110 cm³/mol. The molecule has 2 aliphatic rings. The fourth-order valence-corrected chi connectivity index (χ4v) is 4.29. The van der Waals surface area contributed by atoms with E-state index in [1.54, 1.807) is 12.4 Å². The van der Waals surface area contributed by atoms with Gasteiger partial charge in [-0.25, -0.2) is 0 Å². The van der Waals surface area contributed by atoms with Gasteiger partial charge in [0.15, 0.2) is 0 Å². The van der Waals surface area contributed by atoms with Gasteiger partial charge < -0.3 is 9.64 Å². The van der Waals surface area contributed by atoms with Crippen LogP contribution in [0.25, 0.3) is 0 Å². The number of aromatic nitrogens is 1. The standard InChI is InChI=1S/C23H29N3O2/c27-23(19-9-11-21(12-10-19)28-22-8-5-13-24-17-22)26-16-6-7-20(18-26)25-14-3-1-2-4-15-25/h5,8-13,17,20H,1-4,6-7,14-16,18H2. The van der Waals surface area contributed by atoms with E-state index in [1.807, 2.05) is 41.3 Å². The number of benzene rings is 1. The SMILES string of the molecule is O=C(c1ccc(Oc2cccnc2)cc1)N1CCCC(N2CCCCCC2)C1. The van der Waals surface area contributed by atoms with Crippen molar-refractivity contribution in [1.29, 1.82) is 0 Å². The molecule has 2 saturated heterocycles. The Balaban J connectivity index is 1.38. The first kappa shape index (κ1) is 18.9. The van der Waals surface area contributed by atoms with E-state index in [1.165, 1.54) is 45.2 Å². The van der Waals surface area contributed by atoms with E-state index in [0.29, 0.717) is 17.5 Å². The average molecular weight is 380 g/mol. The highest BCUT2D eigenvalue weighted by Gasteiger charge is 2.28. The maximum absolute atomic E-state index is 13.0. The van der Waals surface area contributed by atoms with Crippen LogP contribution in [-0.2, 0) is 0 Å². The molecule has 148 valence electrons. The molecule has 1 aromatic carbocycles. The third kappa shape index (κ3) is 4.71. The van der Waals surface area contributed by atoms with Crippen molar-refractivity contribution in [3.05, 3.63) is 54.4 Å². The third-order valence-corrected chi connectivity index (χ3v) is 5.81. The minimum Gasteiger partial charge on any atom is -0.456 e. The Morgan fingerprint density at radius 3 is 2.43 bits per heavy atom. The zero-order valence-corrected chi connectivity index (χ0v) is 16.4. The summed E-state index contributed by atoms with van der Waals surface area (Å²) >= 11 is 0. The van der Waals surface area contributed by atoms with Crippen LogP contribution in [0.15, 0.2) is 48.8 Å². The summed E-state index contributed by atoms with van der Waals surface area (Å²) in [7, 11) is 0. The van der Waals surface area contributed by atoms with E-state index in [9.17, 15) is 4.79 Å². The second kappa shape index (κ2) is 9.20. The van der Waals surface area contributed by atoms with Gasteiger partial charge in [0.25, 0.3) is 5.91 Å². The van der Waals surface area contributed by atoms with Crippen molar-refractivity contribution in [2.24, 2.45) is 0 Å². The minimum absolute atomic E-state index is 0.132. The molecule has 5 heteroatoms. The van der Waals surface area contributed by atoms with Crippen molar-refractivity contribution in [1.82, 2.24) is 14.8 Å². The number of amides is 1. The Kier molecular flexibility index (Phi) is 6.22. The van der Waals surface area contributed by atoms with Crippen LogP contribution in [0.3, 0.4) is 0 Å². The van der Waals surface area contributed by atoms with E-state index in [4.69, 9.17) is 4.74 Å². The summed E-state index contributed by atoms with van der Waals surface area (Å²) in [5.74, 6) is 1.54. The van der Waals surface area contributed by atoms with Crippen molar-refractivity contribution in [2.45, 2.75) is 44.6 Å². The fraction of sp³-hybridized carbons (Fsp3) is 0.478. The lowest BCUT2D eigenvalue weighted by molar-refractivity contribution is 0.0579. The van der Waals surface area contributed by atoms with Gasteiger partial charge in [-0.2, -0.15) is 0 Å². The molecular formula is C23H29N3O2. The Morgan fingerprint density at radius 2 is 1.71 bits per heavy atom. The molecule has 0 saturated carbocycles. The zero-order chi connectivity index (χ0) is 19.2. The number of likely N-dealkylation sites (tertiary alicyclic amines) is 2. The average Bonchev–Trinajstić information content (AvgIpc) is 3.04. The van der Waals surface area contributed by atoms with Gasteiger partial charge in [0.1, 0.15) is 11.5 Å². The molecule has 4 rings (SSSR count). The monoisotopic (exact) mass is 379 g/mol. The minimum atomic E-state index is 0.132.